The van der Waals surface area contributed by atoms with Gasteiger partial charge < -0.3 is 15.2 Å². The molecule has 0 amide bonds. The Balaban J connectivity index is 3.93. The minimum atomic E-state index is -0.690. The molecule has 0 rings (SSSR count). The van der Waals surface area contributed by atoms with E-state index in [-0.39, 0.29) is 5.97 Å². The minimum Gasteiger partial charge on any atom is -0.459 e. The summed E-state index contributed by atoms with van der Waals surface area (Å²) >= 11 is 0. The number of hydrogen-bond donors (Lipinski definition) is 2. The molecular formula is C14H28N2O4S2. The number of rotatable bonds is 7. The number of ether oxygens (including phenoxy) is 2. The minimum absolute atomic E-state index is 0.337. The Labute approximate surface area is 140 Å². The first-order valence-corrected chi connectivity index (χ1v) is 9.51. The molecule has 0 spiro atoms. The zero-order valence-electron chi connectivity index (χ0n) is 14.2. The highest BCUT2D eigenvalue weighted by molar-refractivity contribution is 8.76. The monoisotopic (exact) mass is 352 g/mol. The highest BCUT2D eigenvalue weighted by atomic mass is 33.1. The second-order valence-electron chi connectivity index (χ2n) is 6.90. The Bertz CT molecular complexity index is 378. The first-order valence-electron chi connectivity index (χ1n) is 7.02. The fourth-order valence-electron chi connectivity index (χ4n) is 1.03. The molecule has 0 fully saturated rings. The van der Waals surface area contributed by atoms with Crippen LogP contribution >= 0.6 is 21.6 Å². The van der Waals surface area contributed by atoms with Crippen molar-refractivity contribution in [3.63, 3.8) is 0 Å². The molecule has 0 aliphatic heterocycles. The third-order valence-corrected chi connectivity index (χ3v) is 4.59. The fourth-order valence-corrected chi connectivity index (χ4v) is 3.13. The van der Waals surface area contributed by atoms with Gasteiger partial charge in [-0.1, -0.05) is 21.6 Å². The number of esters is 2. The van der Waals surface area contributed by atoms with Crippen molar-refractivity contribution in [3.05, 3.63) is 0 Å². The maximum atomic E-state index is 11.7. The van der Waals surface area contributed by atoms with Crippen molar-refractivity contribution < 1.29 is 19.1 Å². The number of carbonyl (C=O) groups excluding carboxylic acids is 2. The van der Waals surface area contributed by atoms with E-state index >= 15 is 0 Å². The second kappa shape index (κ2) is 9.00. The van der Waals surface area contributed by atoms with Crippen LogP contribution in [0.25, 0.3) is 0 Å². The van der Waals surface area contributed by atoms with E-state index < -0.39 is 29.3 Å². The molecule has 0 aromatic carbocycles. The van der Waals surface area contributed by atoms with E-state index in [9.17, 15) is 9.59 Å². The molecule has 0 saturated carbocycles. The van der Waals surface area contributed by atoms with Crippen molar-refractivity contribution in [2.45, 2.75) is 59.4 Å². The molecule has 2 unspecified atom stereocenters. The highest BCUT2D eigenvalue weighted by Gasteiger charge is 2.25. The van der Waals surface area contributed by atoms with Crippen molar-refractivity contribution in [1.82, 2.24) is 0 Å². The van der Waals surface area contributed by atoms with Crippen LogP contribution in [0.5, 0.6) is 0 Å². The van der Waals surface area contributed by atoms with E-state index in [1.54, 1.807) is 41.5 Å². The Hall–Kier alpha value is -0.440. The summed E-state index contributed by atoms with van der Waals surface area (Å²) in [7, 11) is 2.80. The lowest BCUT2D eigenvalue weighted by Crippen LogP contribution is -2.39. The number of hydrogen-bond acceptors (Lipinski definition) is 8. The van der Waals surface area contributed by atoms with Gasteiger partial charge in [0.2, 0.25) is 0 Å². The van der Waals surface area contributed by atoms with Gasteiger partial charge in [0.15, 0.2) is 6.23 Å². The average Bonchev–Trinajstić information content (AvgIpc) is 2.30. The molecule has 0 aromatic rings. The van der Waals surface area contributed by atoms with Gasteiger partial charge in [0.25, 0.3) is 0 Å². The van der Waals surface area contributed by atoms with Gasteiger partial charge >= 0.3 is 11.9 Å². The summed E-state index contributed by atoms with van der Waals surface area (Å²) in [4.78, 5) is 23.3. The van der Waals surface area contributed by atoms with Gasteiger partial charge in [0.1, 0.15) is 11.6 Å². The maximum Gasteiger partial charge on any atom is 0.324 e. The third-order valence-electron chi connectivity index (χ3n) is 2.14. The Kier molecular flexibility index (Phi) is 8.82. The normalized spacial score (nSPS) is 15.1. The predicted molar refractivity (Wildman–Crippen MR) is 92.3 cm³/mol. The van der Waals surface area contributed by atoms with Crippen LogP contribution in [-0.4, -0.2) is 41.3 Å². The van der Waals surface area contributed by atoms with Gasteiger partial charge in [-0.3, -0.25) is 15.3 Å². The average molecular weight is 353 g/mol. The van der Waals surface area contributed by atoms with Crippen LogP contribution in [0.4, 0.5) is 0 Å². The molecule has 0 saturated heterocycles. The molecule has 130 valence electrons. The topological polar surface area (TPSA) is 105 Å². The van der Waals surface area contributed by atoms with E-state index in [1.165, 1.54) is 21.6 Å². The second-order valence-corrected chi connectivity index (χ2v) is 9.46. The van der Waals surface area contributed by atoms with Gasteiger partial charge in [-0.05, 0) is 41.5 Å². The largest absolute Gasteiger partial charge is 0.459 e. The quantitative estimate of drug-likeness (QED) is 0.310. The van der Waals surface area contributed by atoms with E-state index in [0.29, 0.717) is 11.5 Å². The Morgan fingerprint density at radius 1 is 1.00 bits per heavy atom. The summed E-state index contributed by atoms with van der Waals surface area (Å²) < 4.78 is 10.3. The van der Waals surface area contributed by atoms with Crippen LogP contribution in [0.2, 0.25) is 0 Å². The first kappa shape index (κ1) is 21.6. The van der Waals surface area contributed by atoms with Gasteiger partial charge in [0.05, 0.1) is 11.2 Å². The number of nitrogens with two attached hydrogens (primary N) is 2. The van der Waals surface area contributed by atoms with Crippen molar-refractivity contribution in [2.24, 2.45) is 16.9 Å². The summed E-state index contributed by atoms with van der Waals surface area (Å²) in [5.41, 5.74) is 10.4. The highest BCUT2D eigenvalue weighted by Crippen LogP contribution is 2.24. The van der Waals surface area contributed by atoms with E-state index in [4.69, 9.17) is 20.9 Å². The number of carbonyl (C=O) groups is 2. The smallest absolute Gasteiger partial charge is 0.324 e. The van der Waals surface area contributed by atoms with Gasteiger partial charge in [0, 0.05) is 5.75 Å². The van der Waals surface area contributed by atoms with Crippen LogP contribution in [0.15, 0.2) is 0 Å². The third kappa shape index (κ3) is 10.3. The molecule has 0 aromatic heterocycles. The van der Waals surface area contributed by atoms with Gasteiger partial charge in [-0.25, -0.2) is 0 Å². The predicted octanol–water partition coefficient (Wildman–Crippen LogP) is 1.91. The summed E-state index contributed by atoms with van der Waals surface area (Å²) in [5, 5.41) is 0. The van der Waals surface area contributed by atoms with Crippen molar-refractivity contribution in [1.29, 1.82) is 0 Å². The maximum absolute atomic E-state index is 11.7. The van der Waals surface area contributed by atoms with E-state index in [0.717, 1.165) is 0 Å². The molecule has 0 bridgehead atoms. The van der Waals surface area contributed by atoms with Crippen LogP contribution in [0.1, 0.15) is 41.5 Å². The molecule has 8 heteroatoms. The molecule has 2 atom stereocenters. The van der Waals surface area contributed by atoms with Crippen LogP contribution in [-0.2, 0) is 19.1 Å². The summed E-state index contributed by atoms with van der Waals surface area (Å²) in [6.07, 6.45) is -0.679. The van der Waals surface area contributed by atoms with Crippen LogP contribution < -0.4 is 11.5 Å². The zero-order chi connectivity index (χ0) is 17.6. The standard InChI is InChI=1S/C14H28N2O4S2/c1-13(2,3)12(18)19-10(16)8-22-21-7-9(15)11(17)20-14(4,5)6/h9-10H,7-8,15-16H2,1-6H3. The lowest BCUT2D eigenvalue weighted by atomic mass is 9.97. The zero-order valence-corrected chi connectivity index (χ0v) is 15.8. The molecular weight excluding hydrogens is 324 g/mol. The molecule has 4 N–H and O–H groups in total. The van der Waals surface area contributed by atoms with Crippen molar-refractivity contribution in [3.8, 4) is 0 Å². The van der Waals surface area contributed by atoms with Crippen molar-refractivity contribution in [2.75, 3.05) is 11.5 Å². The molecule has 0 radical (unpaired) electrons. The summed E-state index contributed by atoms with van der Waals surface area (Å²) in [6, 6.07) is -0.690. The van der Waals surface area contributed by atoms with Crippen LogP contribution in [0, 0.1) is 5.41 Å². The molecule has 0 heterocycles. The first-order chi connectivity index (χ1) is 9.83. The Morgan fingerprint density at radius 3 is 1.95 bits per heavy atom. The van der Waals surface area contributed by atoms with Gasteiger partial charge in [-0.2, -0.15) is 0 Å². The SMILES string of the molecule is CC(C)(C)OC(=O)C(N)CSSCC(N)OC(=O)C(C)(C)C. The molecule has 0 aliphatic rings. The lowest BCUT2D eigenvalue weighted by molar-refractivity contribution is -0.157. The van der Waals surface area contributed by atoms with E-state index in [1.807, 2.05) is 0 Å². The lowest BCUT2D eigenvalue weighted by Gasteiger charge is -2.22. The summed E-state index contributed by atoms with van der Waals surface area (Å²) in [5.74, 6) is 0.0626. The van der Waals surface area contributed by atoms with E-state index in [2.05, 4.69) is 0 Å². The fraction of sp³-hybridized carbons (Fsp3) is 0.857. The molecule has 6 nitrogen and oxygen atoms in total. The Morgan fingerprint density at radius 2 is 1.50 bits per heavy atom. The molecule has 0 aliphatic carbocycles. The van der Waals surface area contributed by atoms with Gasteiger partial charge in [-0.15, -0.1) is 0 Å². The van der Waals surface area contributed by atoms with Crippen LogP contribution in [0.3, 0.4) is 0 Å². The van der Waals surface area contributed by atoms with Crippen molar-refractivity contribution >= 4 is 33.5 Å². The summed E-state index contributed by atoms with van der Waals surface area (Å²) in [6.45, 7) is 10.7. The molecule has 22 heavy (non-hydrogen) atoms.